The average molecular weight is 366 g/mol. The quantitative estimate of drug-likeness (QED) is 0.440. The van der Waals surface area contributed by atoms with Crippen molar-refractivity contribution in [2.24, 2.45) is 0 Å². The molecule has 0 spiro atoms. The van der Waals surface area contributed by atoms with Crippen molar-refractivity contribution in [1.82, 2.24) is 0 Å². The van der Waals surface area contributed by atoms with Gasteiger partial charge in [0.15, 0.2) is 7.14 Å². The normalized spacial score (nSPS) is 13.0. The third-order valence-corrected chi connectivity index (χ3v) is 11.7. The Kier molecular flexibility index (Phi) is 4.98. The van der Waals surface area contributed by atoms with Gasteiger partial charge in [-0.1, -0.05) is 80.3 Å². The van der Waals surface area contributed by atoms with Crippen LogP contribution >= 0.6 is 7.14 Å². The molecule has 3 aromatic rings. The van der Waals surface area contributed by atoms with Gasteiger partial charge in [0.1, 0.15) is 5.76 Å². The van der Waals surface area contributed by atoms with E-state index in [-0.39, 0.29) is 0 Å². The molecule has 128 valence electrons. The number of hydrogen-bond acceptors (Lipinski definition) is 2. The molecule has 0 aliphatic heterocycles. The topological polar surface area (TPSA) is 30.2 Å². The molecule has 0 fully saturated rings. The molecule has 4 heteroatoms. The zero-order valence-corrected chi connectivity index (χ0v) is 16.7. The van der Waals surface area contributed by atoms with Gasteiger partial charge in [0.2, 0.25) is 0 Å². The third-order valence-electron chi connectivity index (χ3n) is 4.17. The highest BCUT2D eigenvalue weighted by Crippen LogP contribution is 2.55. The van der Waals surface area contributed by atoms with Gasteiger partial charge < -0.3 is 8.98 Å². The minimum atomic E-state index is -2.93. The summed E-state index contributed by atoms with van der Waals surface area (Å²) in [5, 5.41) is 1.75. The highest BCUT2D eigenvalue weighted by atomic mass is 31.2. The van der Waals surface area contributed by atoms with Crippen LogP contribution in [0.1, 0.15) is 5.76 Å². The van der Waals surface area contributed by atoms with Crippen molar-refractivity contribution >= 4 is 31.9 Å². The number of hydrogen-bond donors (Lipinski definition) is 0. The van der Waals surface area contributed by atoms with Gasteiger partial charge in [0, 0.05) is 10.6 Å². The monoisotopic (exact) mass is 366 g/mol. The van der Waals surface area contributed by atoms with Crippen LogP contribution in [0.3, 0.4) is 0 Å². The lowest BCUT2D eigenvalue weighted by Gasteiger charge is -2.30. The Labute approximate surface area is 150 Å². The SMILES string of the molecule is C[Si](C)(C)/C(=C\c1ccco1)P(=O)(c1ccccc1)c1ccccc1. The highest BCUT2D eigenvalue weighted by molar-refractivity contribution is 7.85. The zero-order chi connectivity index (χ0) is 17.9. The Balaban J connectivity index is 2.31. The lowest BCUT2D eigenvalue weighted by Crippen LogP contribution is -2.30. The predicted molar refractivity (Wildman–Crippen MR) is 110 cm³/mol. The largest absolute Gasteiger partial charge is 0.465 e. The smallest absolute Gasteiger partial charge is 0.163 e. The van der Waals surface area contributed by atoms with E-state index in [2.05, 4.69) is 19.6 Å². The summed E-state index contributed by atoms with van der Waals surface area (Å²) in [4.78, 5) is 1.02. The maximum atomic E-state index is 14.6. The van der Waals surface area contributed by atoms with Crippen molar-refractivity contribution in [3.63, 3.8) is 0 Å². The summed E-state index contributed by atoms with van der Waals surface area (Å²) < 4.78 is 20.2. The molecule has 0 N–H and O–H groups in total. The Morgan fingerprint density at radius 1 is 0.840 bits per heavy atom. The first-order valence-electron chi connectivity index (χ1n) is 8.40. The highest BCUT2D eigenvalue weighted by Gasteiger charge is 2.39. The fourth-order valence-corrected chi connectivity index (χ4v) is 10.5. The van der Waals surface area contributed by atoms with Crippen LogP contribution in [0, 0.1) is 0 Å². The van der Waals surface area contributed by atoms with Crippen molar-refractivity contribution in [2.45, 2.75) is 19.6 Å². The molecule has 3 rings (SSSR count). The van der Waals surface area contributed by atoms with Crippen molar-refractivity contribution in [3.05, 3.63) is 89.8 Å². The molecule has 2 aromatic carbocycles. The van der Waals surface area contributed by atoms with Gasteiger partial charge >= 0.3 is 0 Å². The first-order valence-corrected chi connectivity index (χ1v) is 13.6. The van der Waals surface area contributed by atoms with Crippen molar-refractivity contribution in [2.75, 3.05) is 0 Å². The standard InChI is InChI=1S/C21H23O2PSi/c1-25(2,3)21(17-18-11-10-16-23-18)24(22,19-12-6-4-7-13-19)20-14-8-5-9-15-20/h4-17H,1-3H3/b21-17-. The molecule has 0 saturated heterocycles. The summed E-state index contributed by atoms with van der Waals surface area (Å²) in [6.07, 6.45) is 3.66. The van der Waals surface area contributed by atoms with E-state index in [1.807, 2.05) is 78.9 Å². The molecule has 2 nitrogen and oxygen atoms in total. The van der Waals surface area contributed by atoms with Gasteiger partial charge in [-0.05, 0) is 23.1 Å². The minimum Gasteiger partial charge on any atom is -0.465 e. The molecule has 0 aliphatic rings. The average Bonchev–Trinajstić information content (AvgIpc) is 3.13. The second-order valence-electron chi connectivity index (χ2n) is 7.08. The van der Waals surface area contributed by atoms with E-state index < -0.39 is 15.2 Å². The lowest BCUT2D eigenvalue weighted by molar-refractivity contribution is 0.556. The van der Waals surface area contributed by atoms with Crippen LogP contribution in [0.2, 0.25) is 19.6 Å². The van der Waals surface area contributed by atoms with Gasteiger partial charge in [0.05, 0.1) is 14.3 Å². The molecule has 0 aliphatic carbocycles. The lowest BCUT2D eigenvalue weighted by atomic mass is 10.4. The summed E-state index contributed by atoms with van der Waals surface area (Å²) in [5.41, 5.74) is 0. The number of furan rings is 1. The third kappa shape index (κ3) is 3.63. The fraction of sp³-hybridized carbons (Fsp3) is 0.143. The van der Waals surface area contributed by atoms with Gasteiger partial charge in [-0.25, -0.2) is 0 Å². The molecule has 0 atom stereocenters. The van der Waals surface area contributed by atoms with E-state index in [9.17, 15) is 4.57 Å². The Morgan fingerprint density at radius 2 is 1.36 bits per heavy atom. The molecule has 0 bridgehead atoms. The van der Waals surface area contributed by atoms with Crippen LogP contribution in [-0.4, -0.2) is 8.07 Å². The molecule has 0 saturated carbocycles. The van der Waals surface area contributed by atoms with Crippen molar-refractivity contribution in [1.29, 1.82) is 0 Å². The minimum absolute atomic E-state index is 0.754. The second kappa shape index (κ2) is 7.03. The van der Waals surface area contributed by atoms with Crippen LogP contribution in [0.4, 0.5) is 0 Å². The molecule has 0 radical (unpaired) electrons. The molecule has 0 unspecified atom stereocenters. The predicted octanol–water partition coefficient (Wildman–Crippen LogP) is 5.51. The summed E-state index contributed by atoms with van der Waals surface area (Å²) in [5.74, 6) is 0.754. The Morgan fingerprint density at radius 3 is 1.76 bits per heavy atom. The Bertz CT molecular complexity index is 849. The molecular formula is C21H23O2PSi. The zero-order valence-electron chi connectivity index (χ0n) is 14.8. The molecule has 25 heavy (non-hydrogen) atoms. The van der Waals surface area contributed by atoms with E-state index in [1.165, 1.54) is 0 Å². The van der Waals surface area contributed by atoms with E-state index in [0.717, 1.165) is 21.3 Å². The summed E-state index contributed by atoms with van der Waals surface area (Å²) in [6, 6.07) is 23.4. The van der Waals surface area contributed by atoms with Gasteiger partial charge in [-0.2, -0.15) is 0 Å². The molecule has 1 heterocycles. The van der Waals surface area contributed by atoms with E-state index in [4.69, 9.17) is 4.42 Å². The number of benzene rings is 2. The maximum Gasteiger partial charge on any atom is 0.163 e. The molecular weight excluding hydrogens is 343 g/mol. The van der Waals surface area contributed by atoms with Crippen LogP contribution < -0.4 is 10.6 Å². The van der Waals surface area contributed by atoms with Crippen LogP contribution in [0.15, 0.2) is 88.4 Å². The first kappa shape index (κ1) is 17.7. The maximum absolute atomic E-state index is 14.6. The van der Waals surface area contributed by atoms with Gasteiger partial charge in [-0.15, -0.1) is 0 Å². The second-order valence-corrected chi connectivity index (χ2v) is 15.3. The first-order chi connectivity index (χ1) is 11.9. The van der Waals surface area contributed by atoms with E-state index in [0.29, 0.717) is 0 Å². The van der Waals surface area contributed by atoms with Crippen LogP contribution in [-0.2, 0) is 4.57 Å². The summed E-state index contributed by atoms with van der Waals surface area (Å²) in [6.45, 7) is 6.71. The van der Waals surface area contributed by atoms with Gasteiger partial charge in [-0.3, -0.25) is 0 Å². The van der Waals surface area contributed by atoms with Gasteiger partial charge in [0.25, 0.3) is 0 Å². The molecule has 1 aromatic heterocycles. The summed E-state index contributed by atoms with van der Waals surface area (Å²) in [7, 11) is -4.84. The van der Waals surface area contributed by atoms with Crippen LogP contribution in [0.25, 0.3) is 6.08 Å². The van der Waals surface area contributed by atoms with E-state index >= 15 is 0 Å². The van der Waals surface area contributed by atoms with Crippen molar-refractivity contribution < 1.29 is 8.98 Å². The number of rotatable bonds is 5. The fourth-order valence-electron chi connectivity index (χ4n) is 2.99. The van der Waals surface area contributed by atoms with Crippen molar-refractivity contribution in [3.8, 4) is 0 Å². The van der Waals surface area contributed by atoms with E-state index in [1.54, 1.807) is 6.26 Å². The molecule has 0 amide bonds. The summed E-state index contributed by atoms with van der Waals surface area (Å²) >= 11 is 0. The Hall–Kier alpha value is -2.09. The van der Waals surface area contributed by atoms with Crippen LogP contribution in [0.5, 0.6) is 0 Å².